The van der Waals surface area contributed by atoms with E-state index in [-0.39, 0.29) is 11.8 Å². The van der Waals surface area contributed by atoms with E-state index in [1.807, 2.05) is 36.4 Å². The summed E-state index contributed by atoms with van der Waals surface area (Å²) in [7, 11) is 0. The van der Waals surface area contributed by atoms with E-state index in [0.717, 1.165) is 34.7 Å². The van der Waals surface area contributed by atoms with Gasteiger partial charge < -0.3 is 10.2 Å². The van der Waals surface area contributed by atoms with E-state index in [0.29, 0.717) is 31.0 Å². The van der Waals surface area contributed by atoms with E-state index in [2.05, 4.69) is 36.5 Å². The van der Waals surface area contributed by atoms with Crippen LogP contribution in [0.4, 0.5) is 0 Å². The van der Waals surface area contributed by atoms with Crippen LogP contribution in [0.2, 0.25) is 5.02 Å². The van der Waals surface area contributed by atoms with Crippen LogP contribution in [0.1, 0.15) is 44.2 Å². The quantitative estimate of drug-likeness (QED) is 0.399. The molecule has 3 aromatic rings. The average Bonchev–Trinajstić information content (AvgIpc) is 2.80. The lowest BCUT2D eigenvalue weighted by atomic mass is 10.0. The summed E-state index contributed by atoms with van der Waals surface area (Å²) in [5.74, 6) is -0.171. The van der Waals surface area contributed by atoms with Crippen molar-refractivity contribution >= 4 is 34.2 Å². The van der Waals surface area contributed by atoms with Crippen molar-refractivity contribution < 1.29 is 9.59 Å². The van der Waals surface area contributed by atoms with E-state index in [9.17, 15) is 9.59 Å². The number of rotatable bonds is 10. The molecule has 0 fully saturated rings. The van der Waals surface area contributed by atoms with Crippen molar-refractivity contribution in [2.24, 2.45) is 0 Å². The molecule has 168 valence electrons. The van der Waals surface area contributed by atoms with Gasteiger partial charge in [0.2, 0.25) is 11.8 Å². The van der Waals surface area contributed by atoms with Gasteiger partial charge in [-0.2, -0.15) is 0 Å². The zero-order valence-corrected chi connectivity index (χ0v) is 19.6. The largest absolute Gasteiger partial charge is 0.354 e. The van der Waals surface area contributed by atoms with Crippen molar-refractivity contribution in [3.05, 3.63) is 82.9 Å². The molecule has 32 heavy (non-hydrogen) atoms. The normalized spacial score (nSPS) is 11.8. The predicted octanol–water partition coefficient (Wildman–Crippen LogP) is 5.76. The molecule has 1 atom stereocenters. The summed E-state index contributed by atoms with van der Waals surface area (Å²) in [4.78, 5) is 27.7. The van der Waals surface area contributed by atoms with Gasteiger partial charge in [-0.3, -0.25) is 9.59 Å². The Morgan fingerprint density at radius 2 is 1.78 bits per heavy atom. The van der Waals surface area contributed by atoms with Crippen LogP contribution < -0.4 is 5.32 Å². The summed E-state index contributed by atoms with van der Waals surface area (Å²) in [5, 5.41) is 5.90. The lowest BCUT2D eigenvalue weighted by Crippen LogP contribution is -2.47. The van der Waals surface area contributed by atoms with Gasteiger partial charge in [-0.25, -0.2) is 0 Å². The van der Waals surface area contributed by atoms with Crippen LogP contribution in [0.5, 0.6) is 0 Å². The maximum atomic E-state index is 13.3. The lowest BCUT2D eigenvalue weighted by molar-refractivity contribution is -0.140. The van der Waals surface area contributed by atoms with Gasteiger partial charge in [0, 0.05) is 24.5 Å². The Hall–Kier alpha value is -2.85. The van der Waals surface area contributed by atoms with Crippen LogP contribution in [-0.4, -0.2) is 29.3 Å². The number of hydrogen-bond acceptors (Lipinski definition) is 2. The first-order valence-corrected chi connectivity index (χ1v) is 11.7. The van der Waals surface area contributed by atoms with Crippen LogP contribution in [0.15, 0.2) is 66.7 Å². The van der Waals surface area contributed by atoms with Crippen LogP contribution in [0.25, 0.3) is 10.8 Å². The van der Waals surface area contributed by atoms with E-state index in [4.69, 9.17) is 11.6 Å². The molecule has 0 saturated heterocycles. The monoisotopic (exact) mass is 450 g/mol. The Bertz CT molecular complexity index is 1060. The Morgan fingerprint density at radius 1 is 1.03 bits per heavy atom. The molecule has 0 saturated carbocycles. The zero-order valence-electron chi connectivity index (χ0n) is 18.8. The maximum absolute atomic E-state index is 13.3. The van der Waals surface area contributed by atoms with Crippen LogP contribution in [-0.2, 0) is 22.6 Å². The number of carbonyl (C=O) groups is 2. The molecule has 0 aliphatic rings. The van der Waals surface area contributed by atoms with Crippen molar-refractivity contribution in [3.8, 4) is 0 Å². The smallest absolute Gasteiger partial charge is 0.242 e. The second-order valence-electron chi connectivity index (χ2n) is 8.11. The molecule has 0 radical (unpaired) electrons. The SMILES string of the molecule is CCCCNC(=O)[C@H](C)N(Cc1cccc(Cl)c1)C(=O)CCc1cccc2ccccc12. The van der Waals surface area contributed by atoms with Crippen LogP contribution in [0, 0.1) is 0 Å². The third-order valence-corrected chi connectivity index (χ3v) is 5.96. The van der Waals surface area contributed by atoms with E-state index < -0.39 is 6.04 Å². The Morgan fingerprint density at radius 3 is 2.56 bits per heavy atom. The highest BCUT2D eigenvalue weighted by Crippen LogP contribution is 2.21. The Labute approximate surface area is 195 Å². The molecule has 4 nitrogen and oxygen atoms in total. The fourth-order valence-electron chi connectivity index (χ4n) is 3.85. The van der Waals surface area contributed by atoms with Crippen molar-refractivity contribution in [1.82, 2.24) is 10.2 Å². The fourth-order valence-corrected chi connectivity index (χ4v) is 4.06. The number of nitrogens with zero attached hydrogens (tertiary/aromatic N) is 1. The standard InChI is InChI=1S/C27H31ClN2O2/c1-3-4-17-29-27(32)20(2)30(19-21-9-7-13-24(28)18-21)26(31)16-15-23-12-8-11-22-10-5-6-14-25(22)23/h5-14,18,20H,3-4,15-17,19H2,1-2H3,(H,29,32)/t20-/m0/s1. The highest BCUT2D eigenvalue weighted by atomic mass is 35.5. The van der Waals surface area contributed by atoms with Crippen LogP contribution in [0.3, 0.4) is 0 Å². The van der Waals surface area contributed by atoms with E-state index in [1.165, 1.54) is 0 Å². The minimum atomic E-state index is -0.564. The number of nitrogens with one attached hydrogen (secondary N) is 1. The van der Waals surface area contributed by atoms with Crippen molar-refractivity contribution in [1.29, 1.82) is 0 Å². The first-order valence-electron chi connectivity index (χ1n) is 11.3. The van der Waals surface area contributed by atoms with E-state index >= 15 is 0 Å². The van der Waals surface area contributed by atoms with Crippen LogP contribution >= 0.6 is 11.6 Å². The number of fused-ring (bicyclic) bond motifs is 1. The summed E-state index contributed by atoms with van der Waals surface area (Å²) in [6, 6.07) is 21.2. The molecule has 0 unspecified atom stereocenters. The lowest BCUT2D eigenvalue weighted by Gasteiger charge is -2.29. The summed E-state index contributed by atoms with van der Waals surface area (Å²) in [6.07, 6.45) is 2.88. The number of amides is 2. The number of aryl methyl sites for hydroxylation is 1. The first kappa shape index (κ1) is 23.8. The number of halogens is 1. The molecule has 0 spiro atoms. The molecule has 3 rings (SSSR count). The fraction of sp³-hybridized carbons (Fsp3) is 0.333. The minimum absolute atomic E-state index is 0.0453. The van der Waals surface area contributed by atoms with Gasteiger partial charge in [0.1, 0.15) is 6.04 Å². The van der Waals surface area contributed by atoms with Gasteiger partial charge in [-0.1, -0.05) is 79.5 Å². The second-order valence-corrected chi connectivity index (χ2v) is 8.55. The molecule has 0 aromatic heterocycles. The Kier molecular flexibility index (Phi) is 8.69. The summed E-state index contributed by atoms with van der Waals surface area (Å²) < 4.78 is 0. The molecular formula is C27H31ClN2O2. The maximum Gasteiger partial charge on any atom is 0.242 e. The number of carbonyl (C=O) groups excluding carboxylic acids is 2. The molecule has 0 heterocycles. The molecule has 0 aliphatic carbocycles. The Balaban J connectivity index is 1.76. The zero-order chi connectivity index (χ0) is 22.9. The molecular weight excluding hydrogens is 420 g/mol. The number of unbranched alkanes of at least 4 members (excludes halogenated alkanes) is 1. The van der Waals surface area contributed by atoms with Crippen molar-refractivity contribution in [3.63, 3.8) is 0 Å². The third kappa shape index (κ3) is 6.33. The van der Waals surface area contributed by atoms with Gasteiger partial charge in [0.15, 0.2) is 0 Å². The average molecular weight is 451 g/mol. The molecule has 3 aromatic carbocycles. The van der Waals surface area contributed by atoms with Gasteiger partial charge in [0.05, 0.1) is 0 Å². The molecule has 0 aliphatic heterocycles. The van der Waals surface area contributed by atoms with E-state index in [1.54, 1.807) is 17.9 Å². The predicted molar refractivity (Wildman–Crippen MR) is 132 cm³/mol. The molecule has 0 bridgehead atoms. The highest BCUT2D eigenvalue weighted by Gasteiger charge is 2.26. The molecule has 1 N–H and O–H groups in total. The van der Waals surface area contributed by atoms with Gasteiger partial charge >= 0.3 is 0 Å². The minimum Gasteiger partial charge on any atom is -0.354 e. The van der Waals surface area contributed by atoms with Gasteiger partial charge in [0.25, 0.3) is 0 Å². The number of benzene rings is 3. The second kappa shape index (κ2) is 11.7. The summed E-state index contributed by atoms with van der Waals surface area (Å²) in [5.41, 5.74) is 2.04. The van der Waals surface area contributed by atoms with Gasteiger partial charge in [-0.05, 0) is 53.8 Å². The van der Waals surface area contributed by atoms with Crippen molar-refractivity contribution in [2.45, 2.75) is 52.1 Å². The topological polar surface area (TPSA) is 49.4 Å². The summed E-state index contributed by atoms with van der Waals surface area (Å²) in [6.45, 7) is 4.84. The molecule has 2 amide bonds. The third-order valence-electron chi connectivity index (χ3n) is 5.73. The van der Waals surface area contributed by atoms with Gasteiger partial charge in [-0.15, -0.1) is 0 Å². The summed E-state index contributed by atoms with van der Waals surface area (Å²) >= 11 is 6.15. The molecule has 5 heteroatoms. The first-order chi connectivity index (χ1) is 15.5. The number of hydrogen-bond donors (Lipinski definition) is 1. The highest BCUT2D eigenvalue weighted by molar-refractivity contribution is 6.30. The van der Waals surface area contributed by atoms with Crippen molar-refractivity contribution in [2.75, 3.05) is 6.54 Å².